The highest BCUT2D eigenvalue weighted by Crippen LogP contribution is 2.14. The van der Waals surface area contributed by atoms with Gasteiger partial charge in [-0.1, -0.05) is 0 Å². The van der Waals surface area contributed by atoms with Crippen LogP contribution in [-0.2, 0) is 0 Å². The molecule has 0 aliphatic heterocycles. The van der Waals surface area contributed by atoms with E-state index in [-0.39, 0.29) is 11.3 Å². The number of aromatic carboxylic acids is 1. The Labute approximate surface area is 104 Å². The predicted molar refractivity (Wildman–Crippen MR) is 65.4 cm³/mol. The summed E-state index contributed by atoms with van der Waals surface area (Å²) >= 11 is 2.10. The van der Waals surface area contributed by atoms with Gasteiger partial charge in [0.25, 0.3) is 0 Å². The minimum Gasteiger partial charge on any atom is -0.478 e. The van der Waals surface area contributed by atoms with E-state index >= 15 is 0 Å². The largest absolute Gasteiger partial charge is 0.478 e. The minimum absolute atomic E-state index is 0.0236. The summed E-state index contributed by atoms with van der Waals surface area (Å²) in [5, 5.41) is 12.9. The Morgan fingerprint density at radius 1 is 1.50 bits per heavy atom. The number of pyridine rings is 1. The van der Waals surface area contributed by atoms with Gasteiger partial charge in [0.15, 0.2) is 5.82 Å². The van der Waals surface area contributed by atoms with Crippen molar-refractivity contribution in [2.45, 2.75) is 0 Å². The van der Waals surface area contributed by atoms with Gasteiger partial charge in [-0.25, -0.2) is 14.5 Å². The summed E-state index contributed by atoms with van der Waals surface area (Å²) in [5.41, 5.74) is 5.66. The quantitative estimate of drug-likeness (QED) is 0.806. The van der Waals surface area contributed by atoms with Crippen LogP contribution in [-0.4, -0.2) is 25.8 Å². The molecule has 0 spiro atoms. The maximum atomic E-state index is 10.9. The molecular weight excluding hydrogens is 323 g/mol. The highest BCUT2D eigenvalue weighted by Gasteiger charge is 2.10. The van der Waals surface area contributed by atoms with Crippen LogP contribution in [0.5, 0.6) is 0 Å². The van der Waals surface area contributed by atoms with Gasteiger partial charge in [0.05, 0.1) is 27.2 Å². The number of hydrogen-bond donors (Lipinski definition) is 2. The van der Waals surface area contributed by atoms with E-state index in [4.69, 9.17) is 10.8 Å². The highest BCUT2D eigenvalue weighted by molar-refractivity contribution is 14.1. The summed E-state index contributed by atoms with van der Waals surface area (Å²) in [6.07, 6.45) is 4.71. The molecule has 0 fully saturated rings. The number of halogens is 1. The maximum Gasteiger partial charge on any atom is 0.337 e. The number of aromatic nitrogens is 3. The van der Waals surface area contributed by atoms with Gasteiger partial charge in [-0.05, 0) is 28.7 Å². The Morgan fingerprint density at radius 3 is 2.81 bits per heavy atom. The fourth-order valence-electron chi connectivity index (χ4n) is 1.19. The van der Waals surface area contributed by atoms with Crippen LogP contribution in [0.15, 0.2) is 24.7 Å². The van der Waals surface area contributed by atoms with E-state index < -0.39 is 5.97 Å². The molecule has 82 valence electrons. The number of nitrogen functional groups attached to an aromatic ring is 1. The number of rotatable bonds is 2. The van der Waals surface area contributed by atoms with Gasteiger partial charge in [-0.2, -0.15) is 5.10 Å². The fraction of sp³-hybridized carbons (Fsp3) is 0. The Morgan fingerprint density at radius 2 is 2.25 bits per heavy atom. The zero-order valence-corrected chi connectivity index (χ0v) is 10.1. The molecule has 2 aromatic rings. The molecule has 0 bridgehead atoms. The molecular formula is C9H7IN4O2. The second-order valence-corrected chi connectivity index (χ2v) is 4.28. The van der Waals surface area contributed by atoms with E-state index in [0.29, 0.717) is 5.82 Å². The van der Waals surface area contributed by atoms with E-state index in [1.54, 1.807) is 12.4 Å². The normalized spacial score (nSPS) is 10.3. The lowest BCUT2D eigenvalue weighted by atomic mass is 10.2. The molecule has 0 atom stereocenters. The summed E-state index contributed by atoms with van der Waals surface area (Å²) in [5.74, 6) is -0.655. The van der Waals surface area contributed by atoms with Crippen LogP contribution in [0.2, 0.25) is 0 Å². The number of anilines is 1. The Balaban J connectivity index is 2.51. The van der Waals surface area contributed by atoms with E-state index in [1.165, 1.54) is 16.9 Å². The molecule has 0 saturated heterocycles. The van der Waals surface area contributed by atoms with Crippen LogP contribution in [0.1, 0.15) is 10.4 Å². The van der Waals surface area contributed by atoms with E-state index in [1.807, 2.05) is 0 Å². The second-order valence-electron chi connectivity index (χ2n) is 3.04. The molecule has 0 aliphatic carbocycles. The predicted octanol–water partition coefficient (Wildman–Crippen LogP) is 1.15. The Hall–Kier alpha value is -1.64. The standard InChI is InChI=1S/C9H7IN4O2/c10-5-2-13-14(4-5)8-1-6(9(15)16)7(11)3-12-8/h1-4H,11H2,(H,15,16). The van der Waals surface area contributed by atoms with E-state index in [9.17, 15) is 4.79 Å². The maximum absolute atomic E-state index is 10.9. The van der Waals surface area contributed by atoms with E-state index in [0.717, 1.165) is 3.57 Å². The van der Waals surface area contributed by atoms with Crippen LogP contribution in [0, 0.1) is 3.57 Å². The molecule has 16 heavy (non-hydrogen) atoms. The van der Waals surface area contributed by atoms with Crippen molar-refractivity contribution >= 4 is 34.2 Å². The molecule has 0 saturated carbocycles. The number of hydrogen-bond acceptors (Lipinski definition) is 4. The van der Waals surface area contributed by atoms with Crippen molar-refractivity contribution < 1.29 is 9.90 Å². The van der Waals surface area contributed by atoms with Gasteiger partial charge in [-0.15, -0.1) is 0 Å². The second kappa shape index (κ2) is 4.08. The molecule has 2 heterocycles. The first-order chi connectivity index (χ1) is 7.58. The molecule has 0 aromatic carbocycles. The van der Waals surface area contributed by atoms with Gasteiger partial charge in [0.2, 0.25) is 0 Å². The van der Waals surface area contributed by atoms with E-state index in [2.05, 4.69) is 32.7 Å². The summed E-state index contributed by atoms with van der Waals surface area (Å²) < 4.78 is 2.43. The summed E-state index contributed by atoms with van der Waals surface area (Å²) in [6, 6.07) is 1.39. The fourth-order valence-corrected chi connectivity index (χ4v) is 1.58. The van der Waals surface area contributed by atoms with Gasteiger partial charge < -0.3 is 10.8 Å². The van der Waals surface area contributed by atoms with Gasteiger partial charge in [0.1, 0.15) is 0 Å². The first kappa shape index (κ1) is 10.9. The summed E-state index contributed by atoms with van der Waals surface area (Å²) in [4.78, 5) is 14.9. The molecule has 7 heteroatoms. The van der Waals surface area contributed by atoms with Crippen LogP contribution >= 0.6 is 22.6 Å². The molecule has 0 amide bonds. The smallest absolute Gasteiger partial charge is 0.337 e. The van der Waals surface area contributed by atoms with Crippen LogP contribution in [0.4, 0.5) is 5.69 Å². The van der Waals surface area contributed by atoms with Crippen molar-refractivity contribution in [3.8, 4) is 5.82 Å². The Kier molecular flexibility index (Phi) is 2.77. The molecule has 2 aromatic heterocycles. The third kappa shape index (κ3) is 1.98. The summed E-state index contributed by atoms with van der Waals surface area (Å²) in [6.45, 7) is 0. The number of carboxylic acid groups (broad SMARTS) is 1. The van der Waals surface area contributed by atoms with Crippen molar-refractivity contribution in [2.75, 3.05) is 5.73 Å². The number of carboxylic acids is 1. The van der Waals surface area contributed by atoms with Crippen LogP contribution in [0.25, 0.3) is 5.82 Å². The lowest BCUT2D eigenvalue weighted by Gasteiger charge is -2.03. The molecule has 3 N–H and O–H groups in total. The van der Waals surface area contributed by atoms with Crippen molar-refractivity contribution in [3.63, 3.8) is 0 Å². The molecule has 0 aliphatic rings. The average molecular weight is 330 g/mol. The van der Waals surface area contributed by atoms with Crippen LogP contribution < -0.4 is 5.73 Å². The molecule has 2 rings (SSSR count). The minimum atomic E-state index is -1.08. The zero-order valence-electron chi connectivity index (χ0n) is 7.96. The first-order valence-electron chi connectivity index (χ1n) is 4.27. The van der Waals surface area contributed by atoms with Crippen molar-refractivity contribution in [3.05, 3.63) is 33.8 Å². The number of nitrogens with zero attached hydrogens (tertiary/aromatic N) is 3. The molecule has 0 radical (unpaired) electrons. The Bertz CT molecular complexity index is 552. The van der Waals surface area contributed by atoms with Gasteiger partial charge in [-0.3, -0.25) is 0 Å². The third-order valence-corrected chi connectivity index (χ3v) is 2.49. The monoisotopic (exact) mass is 330 g/mol. The number of carbonyl (C=O) groups is 1. The third-order valence-electron chi connectivity index (χ3n) is 1.94. The van der Waals surface area contributed by atoms with Crippen molar-refractivity contribution in [1.29, 1.82) is 0 Å². The van der Waals surface area contributed by atoms with Crippen LogP contribution in [0.3, 0.4) is 0 Å². The lowest BCUT2D eigenvalue weighted by molar-refractivity contribution is 0.0698. The zero-order chi connectivity index (χ0) is 11.7. The molecule has 6 nitrogen and oxygen atoms in total. The number of nitrogens with two attached hydrogens (primary N) is 1. The van der Waals surface area contributed by atoms with Gasteiger partial charge >= 0.3 is 5.97 Å². The first-order valence-corrected chi connectivity index (χ1v) is 5.35. The lowest BCUT2D eigenvalue weighted by Crippen LogP contribution is -2.06. The van der Waals surface area contributed by atoms with Crippen molar-refractivity contribution in [2.24, 2.45) is 0 Å². The highest BCUT2D eigenvalue weighted by atomic mass is 127. The topological polar surface area (TPSA) is 94.0 Å². The average Bonchev–Trinajstić information content (AvgIpc) is 2.65. The SMILES string of the molecule is Nc1cnc(-n2cc(I)cn2)cc1C(=O)O. The van der Waals surface area contributed by atoms with Crippen molar-refractivity contribution in [1.82, 2.24) is 14.8 Å². The summed E-state index contributed by atoms with van der Waals surface area (Å²) in [7, 11) is 0. The molecule has 0 unspecified atom stereocenters. The van der Waals surface area contributed by atoms with Gasteiger partial charge in [0, 0.05) is 6.20 Å².